The summed E-state index contributed by atoms with van der Waals surface area (Å²) in [7, 11) is -2.75. The molecule has 0 aliphatic rings. The van der Waals surface area contributed by atoms with Crippen molar-refractivity contribution in [2.75, 3.05) is 13.7 Å². The number of carbonyl (C=O) groups excluding carboxylic acids is 2. The summed E-state index contributed by atoms with van der Waals surface area (Å²) < 4.78 is 37.6. The number of hydrogen-bond donors (Lipinski definition) is 0. The Morgan fingerprint density at radius 2 is 1.71 bits per heavy atom. The average Bonchev–Trinajstić information content (AvgIpc) is 2.86. The van der Waals surface area contributed by atoms with Crippen LogP contribution in [0.25, 0.3) is 0 Å². The maximum Gasteiger partial charge on any atom is 0.424 e. The van der Waals surface area contributed by atoms with Crippen LogP contribution in [0, 0.1) is 5.92 Å². The van der Waals surface area contributed by atoms with Crippen LogP contribution < -0.4 is 0 Å². The Balaban J connectivity index is 2.03. The molecule has 1 heterocycles. The minimum absolute atomic E-state index is 0.0146. The van der Waals surface area contributed by atoms with Gasteiger partial charge in [0.15, 0.2) is 0 Å². The van der Waals surface area contributed by atoms with E-state index >= 15 is 0 Å². The third-order valence-electron chi connectivity index (χ3n) is 6.01. The maximum atomic E-state index is 13.3. The van der Waals surface area contributed by atoms with Crippen molar-refractivity contribution in [3.05, 3.63) is 59.4 Å². The predicted octanol–water partition coefficient (Wildman–Crippen LogP) is 6.42. The smallest absolute Gasteiger partial charge is 0.424 e. The Hall–Kier alpha value is -2.65. The first-order chi connectivity index (χ1) is 17.9. The van der Waals surface area contributed by atoms with E-state index in [1.54, 1.807) is 27.0 Å². The van der Waals surface area contributed by atoms with Gasteiger partial charge in [-0.3, -0.25) is 9.78 Å². The number of aromatic nitrogens is 1. The van der Waals surface area contributed by atoms with E-state index in [0.717, 1.165) is 30.0 Å². The number of carbonyl (C=O) groups is 2. The third kappa shape index (κ3) is 11.0. The number of ether oxygens (including phenoxy) is 2. The number of halogens is 1. The van der Waals surface area contributed by atoms with Crippen LogP contribution in [0.3, 0.4) is 0 Å². The molecule has 1 aromatic heterocycles. The van der Waals surface area contributed by atoms with E-state index in [2.05, 4.69) is 4.98 Å². The van der Waals surface area contributed by atoms with E-state index in [1.165, 1.54) is 36.9 Å². The van der Waals surface area contributed by atoms with Gasteiger partial charge >= 0.3 is 12.1 Å². The molecule has 8 nitrogen and oxygen atoms in total. The van der Waals surface area contributed by atoms with Gasteiger partial charge in [-0.1, -0.05) is 36.9 Å². The zero-order valence-corrected chi connectivity index (χ0v) is 24.3. The highest BCUT2D eigenvalue weighted by atomic mass is 35.5. The predicted molar refractivity (Wildman–Crippen MR) is 147 cm³/mol. The Morgan fingerprint density at radius 3 is 2.32 bits per heavy atom. The first-order valence-corrected chi connectivity index (χ1v) is 14.7. The molecule has 1 atom stereocenters. The van der Waals surface area contributed by atoms with E-state index in [-0.39, 0.29) is 23.3 Å². The molecule has 0 aliphatic heterocycles. The highest BCUT2D eigenvalue weighted by Gasteiger charge is 2.32. The van der Waals surface area contributed by atoms with Crippen LogP contribution in [0.5, 0.6) is 0 Å². The molecule has 0 bridgehead atoms. The summed E-state index contributed by atoms with van der Waals surface area (Å²) in [5.74, 6) is 0.0287. The topological polar surface area (TPSA) is 103 Å². The van der Waals surface area contributed by atoms with Crippen molar-refractivity contribution in [1.29, 1.82) is 0 Å². The summed E-state index contributed by atoms with van der Waals surface area (Å²) in [5, 5.41) is 0.397. The molecule has 1 aromatic carbocycles. The fourth-order valence-corrected chi connectivity index (χ4v) is 5.51. The number of nitrogens with zero attached hydrogens (tertiary/aromatic N) is 2. The monoisotopic (exact) mass is 566 g/mol. The van der Waals surface area contributed by atoms with Crippen LogP contribution in [0.1, 0.15) is 71.3 Å². The van der Waals surface area contributed by atoms with Gasteiger partial charge in [0.1, 0.15) is 5.60 Å². The highest BCUT2D eigenvalue weighted by molar-refractivity contribution is 7.89. The van der Waals surface area contributed by atoms with Gasteiger partial charge in [-0.15, -0.1) is 0 Å². The molecule has 0 fully saturated rings. The molecule has 0 radical (unpaired) electrons. The lowest BCUT2D eigenvalue weighted by Crippen LogP contribution is -2.41. The number of pyridine rings is 1. The first kappa shape index (κ1) is 31.6. The molecule has 2 rings (SSSR count). The molecule has 1 unspecified atom stereocenters. The van der Waals surface area contributed by atoms with E-state index in [1.807, 2.05) is 18.3 Å². The number of esters is 1. The van der Waals surface area contributed by atoms with Crippen LogP contribution in [0.2, 0.25) is 5.02 Å². The number of benzene rings is 1. The van der Waals surface area contributed by atoms with E-state index in [0.29, 0.717) is 30.7 Å². The Bertz CT molecular complexity index is 1120. The van der Waals surface area contributed by atoms with Crippen LogP contribution in [0.15, 0.2) is 53.7 Å². The fraction of sp³-hybridized carbons (Fsp3) is 0.536. The van der Waals surface area contributed by atoms with E-state index in [9.17, 15) is 18.0 Å². The van der Waals surface area contributed by atoms with Gasteiger partial charge in [0.05, 0.1) is 12.0 Å². The van der Waals surface area contributed by atoms with Crippen LogP contribution >= 0.6 is 11.6 Å². The molecule has 38 heavy (non-hydrogen) atoms. The van der Waals surface area contributed by atoms with Crippen molar-refractivity contribution in [3.8, 4) is 0 Å². The van der Waals surface area contributed by atoms with Crippen molar-refractivity contribution in [3.63, 3.8) is 0 Å². The molecule has 2 aromatic rings. The molecule has 0 N–H and O–H groups in total. The number of aryl methyl sites for hydroxylation is 1. The number of sulfonamides is 1. The molecule has 10 heteroatoms. The molecule has 0 saturated carbocycles. The van der Waals surface area contributed by atoms with Crippen molar-refractivity contribution < 1.29 is 27.5 Å². The van der Waals surface area contributed by atoms with Crippen LogP contribution in [0.4, 0.5) is 4.79 Å². The summed E-state index contributed by atoms with van der Waals surface area (Å²) in [6.07, 6.45) is 8.44. The van der Waals surface area contributed by atoms with Gasteiger partial charge < -0.3 is 9.47 Å². The van der Waals surface area contributed by atoms with E-state index < -0.39 is 21.7 Å². The minimum atomic E-state index is -4.13. The molecule has 1 amide bonds. The Morgan fingerprint density at radius 1 is 1.03 bits per heavy atom. The van der Waals surface area contributed by atoms with Crippen molar-refractivity contribution in [2.45, 2.75) is 82.6 Å². The zero-order chi connectivity index (χ0) is 28.2. The van der Waals surface area contributed by atoms with Crippen LogP contribution in [-0.4, -0.2) is 49.0 Å². The van der Waals surface area contributed by atoms with Gasteiger partial charge in [0.2, 0.25) is 0 Å². The van der Waals surface area contributed by atoms with Gasteiger partial charge in [-0.05, 0) is 88.3 Å². The van der Waals surface area contributed by atoms with Crippen molar-refractivity contribution in [1.82, 2.24) is 9.29 Å². The van der Waals surface area contributed by atoms with E-state index in [4.69, 9.17) is 21.1 Å². The fourth-order valence-electron chi connectivity index (χ4n) is 4.04. The standard InChI is InChI=1S/C28H39ClN2O6S/c1-28(2,3)37-27(33)31(38(34,35)25-16-14-24(29)15-17-25)20-6-5-9-22(13-18-26(32)36-4)10-7-11-23-12-8-19-30-21-23/h8,12,14-17,19,21-22H,5-7,9-11,13,18,20H2,1-4H3. The lowest BCUT2D eigenvalue weighted by Gasteiger charge is -2.27. The highest BCUT2D eigenvalue weighted by Crippen LogP contribution is 2.25. The molecule has 0 aliphatic carbocycles. The van der Waals surface area contributed by atoms with Crippen molar-refractivity contribution in [2.24, 2.45) is 5.92 Å². The lowest BCUT2D eigenvalue weighted by molar-refractivity contribution is -0.141. The SMILES string of the molecule is COC(=O)CCC(CCCCN(C(=O)OC(C)(C)C)S(=O)(=O)c1ccc(Cl)cc1)CCCc1cccnc1. The summed E-state index contributed by atoms with van der Waals surface area (Å²) >= 11 is 5.92. The second-order valence-corrected chi connectivity index (χ2v) is 12.5. The minimum Gasteiger partial charge on any atom is -0.469 e. The van der Waals surface area contributed by atoms with Crippen LogP contribution in [-0.2, 0) is 30.7 Å². The largest absolute Gasteiger partial charge is 0.469 e. The molecule has 210 valence electrons. The summed E-state index contributed by atoms with van der Waals surface area (Å²) in [6.45, 7) is 5.06. The van der Waals surface area contributed by atoms with Crippen molar-refractivity contribution >= 4 is 33.7 Å². The quantitative estimate of drug-likeness (QED) is 0.192. The summed E-state index contributed by atoms with van der Waals surface area (Å²) in [5.41, 5.74) is 0.317. The number of amides is 1. The normalized spacial score (nSPS) is 12.6. The van der Waals surface area contributed by atoms with Gasteiger partial charge in [-0.2, -0.15) is 0 Å². The third-order valence-corrected chi connectivity index (χ3v) is 8.04. The summed E-state index contributed by atoms with van der Waals surface area (Å²) in [6, 6.07) is 9.65. The average molecular weight is 567 g/mol. The lowest BCUT2D eigenvalue weighted by atomic mass is 9.91. The Kier molecular flexibility index (Phi) is 12.5. The molecule has 0 saturated heterocycles. The second-order valence-electron chi connectivity index (χ2n) is 10.2. The second kappa shape index (κ2) is 15.1. The van der Waals surface area contributed by atoms with Gasteiger partial charge in [-0.25, -0.2) is 17.5 Å². The number of rotatable bonds is 14. The molecule has 0 spiro atoms. The molecular formula is C28H39ClN2O6S. The summed E-state index contributed by atoms with van der Waals surface area (Å²) in [4.78, 5) is 28.7. The van der Waals surface area contributed by atoms with Gasteiger partial charge in [0, 0.05) is 30.4 Å². The maximum absolute atomic E-state index is 13.3. The number of unbranched alkanes of at least 4 members (excludes halogenated alkanes) is 1. The molecular weight excluding hydrogens is 528 g/mol. The number of methoxy groups -OCH3 is 1. The Labute approximate surface area is 231 Å². The van der Waals surface area contributed by atoms with Gasteiger partial charge in [0.25, 0.3) is 10.0 Å². The number of hydrogen-bond acceptors (Lipinski definition) is 7. The first-order valence-electron chi connectivity index (χ1n) is 12.9. The zero-order valence-electron chi connectivity index (χ0n) is 22.7.